The number of fused-ring (bicyclic) bond motifs is 11. The Labute approximate surface area is 875 Å². The molecular weight excluding hydrogens is 1850 g/mol. The summed E-state index contributed by atoms with van der Waals surface area (Å²) in [5.74, 6) is 8.71. The summed E-state index contributed by atoms with van der Waals surface area (Å²) in [5, 5.41) is 62.7. The van der Waals surface area contributed by atoms with E-state index < -0.39 is 38.8 Å². The van der Waals surface area contributed by atoms with E-state index in [-0.39, 0.29) is 31.7 Å². The van der Waals surface area contributed by atoms with Crippen molar-refractivity contribution < 1.29 is 72.9 Å². The maximum absolute atomic E-state index is 10.5. The van der Waals surface area contributed by atoms with Gasteiger partial charge in [0, 0.05) is 28.5 Å². The molecule has 15 heteroatoms. The van der Waals surface area contributed by atoms with Gasteiger partial charge < -0.3 is 72.9 Å². The van der Waals surface area contributed by atoms with E-state index in [4.69, 9.17) is 47.4 Å². The summed E-state index contributed by atoms with van der Waals surface area (Å²) in [7, 11) is 8.49. The largest absolute Gasteiger partial charge is 0.500 e. The molecule has 0 bridgehead atoms. The molecule has 5 N–H and O–H groups in total. The normalized spacial score (nSPS) is 16.2. The maximum Gasteiger partial charge on any atom is 0.128 e. The zero-order valence-corrected chi connectivity index (χ0v) is 87.8. The first-order valence-electron chi connectivity index (χ1n) is 51.7. The van der Waals surface area contributed by atoms with Crippen LogP contribution in [-0.4, -0.2) is 122 Å². The molecule has 760 valence electrons. The zero-order chi connectivity index (χ0) is 105. The van der Waals surface area contributed by atoms with E-state index in [0.29, 0.717) is 45.3 Å². The van der Waals surface area contributed by atoms with Gasteiger partial charge in [-0.2, -0.15) is 0 Å². The molecule has 17 aromatic rings. The van der Waals surface area contributed by atoms with Gasteiger partial charge in [0.2, 0.25) is 0 Å². The Kier molecular flexibility index (Phi) is 30.7. The molecule has 0 saturated heterocycles. The highest BCUT2D eigenvalue weighted by molar-refractivity contribution is 6.10. The Balaban J connectivity index is 0.000000125. The lowest BCUT2D eigenvalue weighted by atomic mass is 9.67. The maximum atomic E-state index is 10.5. The minimum Gasteiger partial charge on any atom is -0.500 e. The summed E-state index contributed by atoms with van der Waals surface area (Å²) in [6.45, 7) is 20.1. The van der Waals surface area contributed by atoms with E-state index in [1.54, 1.807) is 63.2 Å². The smallest absolute Gasteiger partial charge is 0.128 e. The second-order valence-corrected chi connectivity index (χ2v) is 40.8. The van der Waals surface area contributed by atoms with Crippen molar-refractivity contribution in [1.82, 2.24) is 0 Å². The van der Waals surface area contributed by atoms with Crippen molar-refractivity contribution in [2.24, 2.45) is 5.92 Å². The van der Waals surface area contributed by atoms with Crippen molar-refractivity contribution in [2.45, 2.75) is 146 Å². The molecular formula is C134H134O15. The van der Waals surface area contributed by atoms with Crippen LogP contribution in [0.2, 0.25) is 0 Å². The number of methoxy groups -OCH3 is 5. The molecule has 0 aliphatic heterocycles. The highest BCUT2D eigenvalue weighted by Gasteiger charge is 2.49. The molecule has 17 aromatic carbocycles. The number of rotatable bonds is 30. The number of hydrogen-bond acceptors (Lipinski definition) is 15. The van der Waals surface area contributed by atoms with Crippen molar-refractivity contribution in [3.63, 3.8) is 0 Å². The van der Waals surface area contributed by atoms with Crippen molar-refractivity contribution >= 4 is 66.0 Å². The van der Waals surface area contributed by atoms with Crippen LogP contribution >= 0.6 is 0 Å². The fourth-order valence-corrected chi connectivity index (χ4v) is 20.7. The fourth-order valence-electron chi connectivity index (χ4n) is 20.7. The lowest BCUT2D eigenvalue weighted by molar-refractivity contribution is 0.00816. The minimum atomic E-state index is -0.883. The van der Waals surface area contributed by atoms with E-state index in [9.17, 15) is 25.5 Å². The Morgan fingerprint density at radius 3 is 1.02 bits per heavy atom. The summed E-state index contributed by atoms with van der Waals surface area (Å²) >= 11 is 0. The number of benzene rings is 17. The molecule has 149 heavy (non-hydrogen) atoms. The SMILES string of the molecule is CCC(C)(O)COc1ccc(C2(c3ccc(OC)cc3)c3ccccc3-c3ccccc32)cc1.CCC(C)(O)COc1ccc2c3c1C=CC1=CC=C(OC)C(C=C2)C13.CCC(C)(O)COc1ccc2cc(C3(c4ccc5cc(OC)ccc5c4)c4ccccc4-c4ccccc43)ccc2c1.CCC(C)(O)COc1ccc2cc(OC)ccc2c1.CCC(C)(O)COc1ccc2ccccc2c1-c1c(OC)ccc2ccccc12. The van der Waals surface area contributed by atoms with Gasteiger partial charge in [0.25, 0.3) is 0 Å². The van der Waals surface area contributed by atoms with Gasteiger partial charge in [-0.05, 0) is 313 Å². The van der Waals surface area contributed by atoms with Crippen LogP contribution in [0.1, 0.15) is 168 Å². The predicted molar refractivity (Wildman–Crippen MR) is 606 cm³/mol. The van der Waals surface area contributed by atoms with Crippen LogP contribution in [0.5, 0.6) is 51.7 Å². The standard InChI is InChI=1S/C39H34O3.C31H30O3.C26H26O3.C22H24O3.C16H20O3/c1-4-38(2,40)25-42-33-20-16-27-22-31(18-14-29(27)24-33)39(30-17-13-28-23-32(41-3)19-15-26(28)21-30)36-11-7-5-9-34(36)35-10-6-8-12-37(35)39;1-4-30(2,32)21-34-25-19-15-23(16-20-25)31(22-13-17-24(33-3)18-14-22)28-11-7-5-9-26(28)27-10-6-8-12-29(27)31;1-4-26(2,27)17-29-23-16-14-19-10-6-8-12-21(19)25(23)24-20-11-7-5-9-18(20)13-15-22(24)28-3;1-4-22(2,23)13-25-19-12-8-15-5-9-16-18(24-3)11-7-14-6-10-17(19)21(15)20(14)16;1-4-16(2,17)11-19-15-8-6-12-9-14(18-3)7-5-13(12)10-15/h5-24,40H,4,25H2,1-3H3;5-20,32H,4,21H2,1-3H3;5-16,27H,4,17H2,1-3H3;5-12,16,20,23H,4,13H2,1-3H3;5-10,17H,4,11H2,1-3H3. The molecule has 15 nitrogen and oxygen atoms in total. The molecule has 0 spiro atoms. The molecule has 0 saturated carbocycles. The Hall–Kier alpha value is -15.2. The molecule has 0 heterocycles. The first-order valence-corrected chi connectivity index (χ1v) is 51.7. The molecule has 0 fully saturated rings. The lowest BCUT2D eigenvalue weighted by Gasteiger charge is -2.37. The van der Waals surface area contributed by atoms with Gasteiger partial charge in [0.15, 0.2) is 0 Å². The van der Waals surface area contributed by atoms with Crippen molar-refractivity contribution in [3.05, 3.63) is 437 Å². The molecule has 0 aromatic heterocycles. The first-order chi connectivity index (χ1) is 72.0. The molecule has 5 aliphatic rings. The van der Waals surface area contributed by atoms with Crippen LogP contribution in [-0.2, 0) is 15.6 Å². The monoisotopic (exact) mass is 1980 g/mol. The summed E-state index contributed by atoms with van der Waals surface area (Å²) in [6, 6.07) is 118. The Bertz CT molecular complexity index is 7760. The lowest BCUT2D eigenvalue weighted by Crippen LogP contribution is -2.31. The summed E-state index contributed by atoms with van der Waals surface area (Å²) in [4.78, 5) is 0. The second-order valence-electron chi connectivity index (χ2n) is 40.8. The van der Waals surface area contributed by atoms with Gasteiger partial charge in [0.05, 0.1) is 74.4 Å². The molecule has 0 radical (unpaired) electrons. The number of aliphatic hydroxyl groups is 5. The Morgan fingerprint density at radius 1 is 0.268 bits per heavy atom. The number of allylic oxidation sites excluding steroid dienone is 5. The van der Waals surface area contributed by atoms with E-state index in [2.05, 4.69) is 261 Å². The van der Waals surface area contributed by atoms with Crippen LogP contribution in [0.4, 0.5) is 0 Å². The highest BCUT2D eigenvalue weighted by Crippen LogP contribution is 2.60. The third-order valence-corrected chi connectivity index (χ3v) is 30.5. The van der Waals surface area contributed by atoms with E-state index >= 15 is 0 Å². The van der Waals surface area contributed by atoms with Crippen molar-refractivity contribution in [1.29, 1.82) is 0 Å². The van der Waals surface area contributed by atoms with Crippen LogP contribution < -0.4 is 42.6 Å². The number of hydrogen-bond donors (Lipinski definition) is 5. The molecule has 5 aliphatic carbocycles. The average molecular weight is 1980 g/mol. The topological polar surface area (TPSA) is 193 Å². The highest BCUT2D eigenvalue weighted by atomic mass is 16.5. The van der Waals surface area contributed by atoms with E-state index in [0.717, 1.165) is 123 Å². The third-order valence-electron chi connectivity index (χ3n) is 30.5. The van der Waals surface area contributed by atoms with Gasteiger partial charge in [-0.15, -0.1) is 0 Å². The summed E-state index contributed by atoms with van der Waals surface area (Å²) in [5.41, 5.74) is 16.9. The van der Waals surface area contributed by atoms with Crippen LogP contribution in [0, 0.1) is 5.92 Å². The predicted octanol–water partition coefficient (Wildman–Crippen LogP) is 29.5. The molecule has 7 unspecified atom stereocenters. The van der Waals surface area contributed by atoms with Gasteiger partial charge in [0.1, 0.15) is 90.5 Å². The van der Waals surface area contributed by atoms with E-state index in [1.807, 2.05) is 157 Å². The summed E-state index contributed by atoms with van der Waals surface area (Å²) in [6.07, 6.45) is 16.2. The van der Waals surface area contributed by atoms with Gasteiger partial charge in [-0.1, -0.05) is 302 Å². The molecule has 7 atom stereocenters. The molecule has 0 amide bonds. The molecule has 22 rings (SSSR count). The van der Waals surface area contributed by atoms with Crippen LogP contribution in [0.15, 0.2) is 375 Å². The number of ether oxygens (including phenoxy) is 10. The fraction of sp³-hybridized carbons (Fsp3) is 0.254. The van der Waals surface area contributed by atoms with E-state index in [1.165, 1.54) is 88.8 Å². The first kappa shape index (κ1) is 104. The average Bonchev–Trinajstić information content (AvgIpc) is 1.54. The summed E-state index contributed by atoms with van der Waals surface area (Å²) < 4.78 is 57.3. The Morgan fingerprint density at radius 2 is 0.597 bits per heavy atom. The van der Waals surface area contributed by atoms with Gasteiger partial charge in [-0.25, -0.2) is 0 Å². The van der Waals surface area contributed by atoms with Gasteiger partial charge >= 0.3 is 0 Å². The van der Waals surface area contributed by atoms with Crippen LogP contribution in [0.25, 0.3) is 99.4 Å². The van der Waals surface area contributed by atoms with Crippen molar-refractivity contribution in [2.75, 3.05) is 68.6 Å². The van der Waals surface area contributed by atoms with Crippen LogP contribution in [0.3, 0.4) is 0 Å². The quantitative estimate of drug-likeness (QED) is 0.0285. The third kappa shape index (κ3) is 21.4. The second kappa shape index (κ2) is 44.1. The minimum absolute atomic E-state index is 0.224. The zero-order valence-electron chi connectivity index (χ0n) is 87.8. The van der Waals surface area contributed by atoms with Crippen molar-refractivity contribution in [3.8, 4) is 85.1 Å². The van der Waals surface area contributed by atoms with Gasteiger partial charge in [-0.3, -0.25) is 0 Å².